The number of nitrogens with zero attached hydrogens (tertiary/aromatic N) is 5. The first kappa shape index (κ1) is 21.2. The average Bonchev–Trinajstić information content (AvgIpc) is 3.32. The molecule has 0 fully saturated rings. The number of ether oxygens (including phenoxy) is 1. The second-order valence-corrected chi connectivity index (χ2v) is 7.39. The Hall–Kier alpha value is -4.66. The van der Waals surface area contributed by atoms with E-state index in [1.165, 1.54) is 0 Å². The summed E-state index contributed by atoms with van der Waals surface area (Å²) in [5.41, 5.74) is 3.37. The quantitative estimate of drug-likeness (QED) is 0.279. The van der Waals surface area contributed by atoms with Gasteiger partial charge in [-0.15, -0.1) is 0 Å². The molecule has 0 radical (unpaired) electrons. The number of anilines is 2. The maximum atomic E-state index is 11.9. The summed E-state index contributed by atoms with van der Waals surface area (Å²) in [6.45, 7) is 2.36. The number of hydrogen-bond donors (Lipinski definition) is 1. The van der Waals surface area contributed by atoms with Crippen LogP contribution in [0.3, 0.4) is 0 Å². The van der Waals surface area contributed by atoms with Crippen LogP contribution < -0.4 is 5.32 Å². The summed E-state index contributed by atoms with van der Waals surface area (Å²) in [5.74, 6) is 0.106. The lowest BCUT2D eigenvalue weighted by Crippen LogP contribution is -2.05. The summed E-state index contributed by atoms with van der Waals surface area (Å²) in [6.07, 6.45) is 1.83. The van der Waals surface area contributed by atoms with Crippen molar-refractivity contribution in [1.29, 1.82) is 0 Å². The minimum absolute atomic E-state index is 0.266. The zero-order valence-electron chi connectivity index (χ0n) is 18.3. The number of rotatable bonds is 7. The van der Waals surface area contributed by atoms with Gasteiger partial charge in [0.2, 0.25) is 11.3 Å². The van der Waals surface area contributed by atoms with E-state index in [2.05, 4.69) is 48.8 Å². The molecule has 0 saturated carbocycles. The summed E-state index contributed by atoms with van der Waals surface area (Å²) < 4.78 is 9.80. The van der Waals surface area contributed by atoms with Crippen LogP contribution in [0.25, 0.3) is 22.1 Å². The fourth-order valence-corrected chi connectivity index (χ4v) is 3.52. The van der Waals surface area contributed by atoms with Crippen molar-refractivity contribution < 1.29 is 14.2 Å². The van der Waals surface area contributed by atoms with Crippen LogP contribution in [0.4, 0.5) is 11.5 Å². The first-order valence-electron chi connectivity index (χ1n) is 10.7. The third-order valence-corrected chi connectivity index (χ3v) is 5.14. The lowest BCUT2D eigenvalue weighted by molar-refractivity contribution is 0.0526. The van der Waals surface area contributed by atoms with Gasteiger partial charge in [0.1, 0.15) is 5.69 Å². The van der Waals surface area contributed by atoms with E-state index in [0.29, 0.717) is 29.3 Å². The molecule has 9 heteroatoms. The number of fused-ring (bicyclic) bond motifs is 2. The maximum Gasteiger partial charge on any atom is 0.338 e. The first-order valence-corrected chi connectivity index (χ1v) is 10.7. The zero-order valence-corrected chi connectivity index (χ0v) is 18.3. The fourth-order valence-electron chi connectivity index (χ4n) is 3.52. The standard InChI is InChI=1S/C25H20N6O3/c1-2-33-25(32)17-10-12-19(13-11-17)27-22-21(28-23-24(29-22)31-34-30-23)15-26-14-18-8-5-7-16-6-3-4-9-20(16)18/h3-14H,2,15H2,1H3,(H,27,29,31). The Bertz CT molecular complexity index is 1490. The lowest BCUT2D eigenvalue weighted by atomic mass is 10.1. The van der Waals surface area contributed by atoms with Crippen molar-refractivity contribution in [1.82, 2.24) is 20.3 Å². The molecule has 168 valence electrons. The van der Waals surface area contributed by atoms with Crippen LogP contribution in [0, 0.1) is 0 Å². The zero-order chi connectivity index (χ0) is 23.3. The number of benzene rings is 3. The fraction of sp³-hybridized carbons (Fsp3) is 0.120. The highest BCUT2D eigenvalue weighted by Gasteiger charge is 2.13. The summed E-state index contributed by atoms with van der Waals surface area (Å²) in [5, 5.41) is 13.1. The van der Waals surface area contributed by atoms with Gasteiger partial charge in [0.25, 0.3) is 0 Å². The molecule has 0 saturated heterocycles. The average molecular weight is 452 g/mol. The van der Waals surface area contributed by atoms with Crippen LogP contribution in [0.15, 0.2) is 76.4 Å². The third kappa shape index (κ3) is 4.44. The molecule has 2 heterocycles. The molecule has 1 N–H and O–H groups in total. The van der Waals surface area contributed by atoms with Crippen LogP contribution in [0.2, 0.25) is 0 Å². The Morgan fingerprint density at radius 2 is 1.76 bits per heavy atom. The number of nitrogens with one attached hydrogen (secondary N) is 1. The Kier molecular flexibility index (Phi) is 5.89. The van der Waals surface area contributed by atoms with Crippen LogP contribution in [0.1, 0.15) is 28.5 Å². The monoisotopic (exact) mass is 452 g/mol. The summed E-state index contributed by atoms with van der Waals surface area (Å²) >= 11 is 0. The molecular formula is C25H20N6O3. The predicted molar refractivity (Wildman–Crippen MR) is 128 cm³/mol. The number of aliphatic imine (C=N–C) groups is 1. The SMILES string of the molecule is CCOC(=O)c1ccc(Nc2nc3nonc3nc2CN=Cc2cccc3ccccc23)cc1. The van der Waals surface area contributed by atoms with Crippen LogP contribution >= 0.6 is 0 Å². The Morgan fingerprint density at radius 3 is 2.59 bits per heavy atom. The maximum absolute atomic E-state index is 11.9. The van der Waals surface area contributed by atoms with E-state index < -0.39 is 0 Å². The molecule has 0 aliphatic rings. The van der Waals surface area contributed by atoms with E-state index in [-0.39, 0.29) is 18.2 Å². The van der Waals surface area contributed by atoms with Gasteiger partial charge in [-0.05, 0) is 52.3 Å². The highest BCUT2D eigenvalue weighted by Crippen LogP contribution is 2.22. The predicted octanol–water partition coefficient (Wildman–Crippen LogP) is 4.71. The van der Waals surface area contributed by atoms with Gasteiger partial charge in [0, 0.05) is 17.5 Å². The molecule has 34 heavy (non-hydrogen) atoms. The lowest BCUT2D eigenvalue weighted by Gasteiger charge is -2.09. The Labute approximate surface area is 194 Å². The molecule has 9 nitrogen and oxygen atoms in total. The van der Waals surface area contributed by atoms with Gasteiger partial charge in [-0.25, -0.2) is 19.4 Å². The molecule has 2 aromatic heterocycles. The van der Waals surface area contributed by atoms with Gasteiger partial charge < -0.3 is 10.1 Å². The van der Waals surface area contributed by atoms with Crippen LogP contribution in [0.5, 0.6) is 0 Å². The van der Waals surface area contributed by atoms with E-state index in [4.69, 9.17) is 9.37 Å². The van der Waals surface area contributed by atoms with E-state index >= 15 is 0 Å². The molecule has 0 aliphatic heterocycles. The van der Waals surface area contributed by atoms with Gasteiger partial charge in [0.15, 0.2) is 5.82 Å². The van der Waals surface area contributed by atoms with Crippen molar-refractivity contribution >= 4 is 45.8 Å². The summed E-state index contributed by atoms with van der Waals surface area (Å²) in [6, 6.07) is 21.1. The highest BCUT2D eigenvalue weighted by molar-refractivity contribution is 5.99. The van der Waals surface area contributed by atoms with Gasteiger partial charge >= 0.3 is 5.97 Å². The minimum Gasteiger partial charge on any atom is -0.462 e. The molecule has 0 spiro atoms. The second kappa shape index (κ2) is 9.45. The number of hydrogen-bond acceptors (Lipinski definition) is 9. The van der Waals surface area contributed by atoms with Gasteiger partial charge in [-0.2, -0.15) is 0 Å². The molecule has 3 aromatic carbocycles. The van der Waals surface area contributed by atoms with E-state index in [9.17, 15) is 4.79 Å². The molecular weight excluding hydrogens is 432 g/mol. The van der Waals surface area contributed by atoms with Crippen molar-refractivity contribution in [2.45, 2.75) is 13.5 Å². The van der Waals surface area contributed by atoms with Crippen molar-refractivity contribution in [3.63, 3.8) is 0 Å². The smallest absolute Gasteiger partial charge is 0.338 e. The molecule has 0 amide bonds. The summed E-state index contributed by atoms with van der Waals surface area (Å²) in [4.78, 5) is 25.5. The van der Waals surface area contributed by atoms with Crippen molar-refractivity contribution in [2.24, 2.45) is 4.99 Å². The normalized spacial score (nSPS) is 11.3. The first-order chi connectivity index (χ1) is 16.7. The summed E-state index contributed by atoms with van der Waals surface area (Å²) in [7, 11) is 0. The van der Waals surface area contributed by atoms with Crippen molar-refractivity contribution in [2.75, 3.05) is 11.9 Å². The van der Waals surface area contributed by atoms with E-state index in [1.807, 2.05) is 30.5 Å². The minimum atomic E-state index is -0.368. The van der Waals surface area contributed by atoms with Crippen molar-refractivity contribution in [3.8, 4) is 0 Å². The van der Waals surface area contributed by atoms with E-state index in [0.717, 1.165) is 22.0 Å². The van der Waals surface area contributed by atoms with Crippen LogP contribution in [-0.2, 0) is 11.3 Å². The number of carbonyl (C=O) groups is 1. The molecule has 5 rings (SSSR count). The highest BCUT2D eigenvalue weighted by atomic mass is 16.6. The second-order valence-electron chi connectivity index (χ2n) is 7.39. The molecule has 5 aromatic rings. The topological polar surface area (TPSA) is 115 Å². The van der Waals surface area contributed by atoms with Gasteiger partial charge in [0.05, 0.1) is 18.7 Å². The van der Waals surface area contributed by atoms with Crippen LogP contribution in [-0.4, -0.2) is 39.1 Å². The Morgan fingerprint density at radius 1 is 1.00 bits per heavy atom. The molecule has 0 bridgehead atoms. The Balaban J connectivity index is 1.41. The van der Waals surface area contributed by atoms with Crippen molar-refractivity contribution in [3.05, 3.63) is 83.6 Å². The molecule has 0 unspecified atom stereocenters. The van der Waals surface area contributed by atoms with Gasteiger partial charge in [-0.1, -0.05) is 42.5 Å². The van der Waals surface area contributed by atoms with Gasteiger partial charge in [-0.3, -0.25) is 4.99 Å². The largest absolute Gasteiger partial charge is 0.462 e. The number of esters is 1. The number of carbonyl (C=O) groups excluding carboxylic acids is 1. The molecule has 0 atom stereocenters. The third-order valence-electron chi connectivity index (χ3n) is 5.14. The van der Waals surface area contributed by atoms with E-state index in [1.54, 1.807) is 31.2 Å². The molecule has 0 aliphatic carbocycles. The number of aromatic nitrogens is 4.